The summed E-state index contributed by atoms with van der Waals surface area (Å²) in [5.41, 5.74) is 2.49. The molecule has 0 spiro atoms. The third kappa shape index (κ3) is 14.3. The molecular weight excluding hydrogens is 544 g/mol. The Morgan fingerprint density at radius 2 is 1.45 bits per heavy atom. The van der Waals surface area contributed by atoms with E-state index in [0.717, 1.165) is 58.1 Å². The van der Waals surface area contributed by atoms with E-state index >= 15 is 0 Å². The standard InChI is InChI=1S/C23H37N3O3.C7H6F2.2CH4O/c1-5-9-25(10-6-2)23(29)20-13-17(3)12-19(14-20)22(28)24-15-21(27)16-26-11-7-8-18(26)4;1-5-2-6(8)4-7(9)3-5;2*1-2/h12-14,18,21,27H,5-11,15-16H2,1-4H3,(H,24,28);2-4H,1H3;2*2H,1H3. The van der Waals surface area contributed by atoms with Crippen molar-refractivity contribution in [2.75, 3.05) is 46.9 Å². The molecule has 0 aliphatic carbocycles. The molecule has 2 unspecified atom stereocenters. The van der Waals surface area contributed by atoms with Gasteiger partial charge in [0.15, 0.2) is 0 Å². The lowest BCUT2D eigenvalue weighted by atomic mass is 10.0. The fraction of sp³-hybridized carbons (Fsp3) is 0.562. The number of aryl methyl sites for hydroxylation is 2. The number of carbonyl (C=O) groups excluding carboxylic acids is 2. The van der Waals surface area contributed by atoms with Crippen molar-refractivity contribution >= 4 is 11.8 Å². The number of aliphatic hydroxyl groups is 3. The van der Waals surface area contributed by atoms with E-state index in [-0.39, 0.29) is 18.4 Å². The van der Waals surface area contributed by atoms with E-state index in [1.165, 1.54) is 12.1 Å². The van der Waals surface area contributed by atoms with Gasteiger partial charge in [0.1, 0.15) is 11.6 Å². The molecule has 2 aromatic carbocycles. The minimum Gasteiger partial charge on any atom is -0.400 e. The van der Waals surface area contributed by atoms with Crippen molar-refractivity contribution in [3.63, 3.8) is 0 Å². The average molecular weight is 596 g/mol. The molecule has 8 nitrogen and oxygen atoms in total. The van der Waals surface area contributed by atoms with Crippen LogP contribution in [0.1, 0.15) is 78.3 Å². The zero-order chi connectivity index (χ0) is 32.2. The van der Waals surface area contributed by atoms with Crippen LogP contribution in [0.15, 0.2) is 36.4 Å². The minimum absolute atomic E-state index is 0.0329. The summed E-state index contributed by atoms with van der Waals surface area (Å²) in [6.07, 6.45) is 3.52. The van der Waals surface area contributed by atoms with Crippen LogP contribution in [0.4, 0.5) is 8.78 Å². The molecule has 2 atom stereocenters. The lowest BCUT2D eigenvalue weighted by molar-refractivity contribution is 0.0755. The second-order valence-corrected chi connectivity index (χ2v) is 10.2. The molecule has 0 saturated carbocycles. The molecule has 3 rings (SSSR count). The first-order valence-electron chi connectivity index (χ1n) is 14.5. The number of benzene rings is 2. The van der Waals surface area contributed by atoms with Crippen molar-refractivity contribution in [1.82, 2.24) is 15.1 Å². The Bertz CT molecular complexity index is 1010. The lowest BCUT2D eigenvalue weighted by Gasteiger charge is -2.24. The van der Waals surface area contributed by atoms with Crippen molar-refractivity contribution in [1.29, 1.82) is 0 Å². The van der Waals surface area contributed by atoms with Crippen molar-refractivity contribution in [2.45, 2.75) is 72.4 Å². The normalized spacial score (nSPS) is 14.7. The van der Waals surface area contributed by atoms with Gasteiger partial charge in [0.2, 0.25) is 0 Å². The predicted octanol–water partition coefficient (Wildman–Crippen LogP) is 4.32. The van der Waals surface area contributed by atoms with Gasteiger partial charge in [-0.05, 0) is 94.5 Å². The molecule has 1 heterocycles. The minimum atomic E-state index is -0.602. The van der Waals surface area contributed by atoms with Crippen molar-refractivity contribution in [3.8, 4) is 0 Å². The van der Waals surface area contributed by atoms with E-state index in [0.29, 0.717) is 42.4 Å². The van der Waals surface area contributed by atoms with Gasteiger partial charge >= 0.3 is 0 Å². The molecule has 1 saturated heterocycles. The quantitative estimate of drug-likeness (QED) is 0.326. The number of halogens is 2. The highest BCUT2D eigenvalue weighted by atomic mass is 19.1. The summed E-state index contributed by atoms with van der Waals surface area (Å²) < 4.78 is 24.4. The Labute approximate surface area is 250 Å². The van der Waals surface area contributed by atoms with Gasteiger partial charge in [-0.25, -0.2) is 8.78 Å². The van der Waals surface area contributed by atoms with Gasteiger partial charge in [-0.15, -0.1) is 0 Å². The number of hydrogen-bond acceptors (Lipinski definition) is 6. The second-order valence-electron chi connectivity index (χ2n) is 10.2. The lowest BCUT2D eigenvalue weighted by Crippen LogP contribution is -2.41. The number of likely N-dealkylation sites (tertiary alicyclic amines) is 1. The van der Waals surface area contributed by atoms with Crippen LogP contribution < -0.4 is 5.32 Å². The van der Waals surface area contributed by atoms with Gasteiger partial charge in [-0.2, -0.15) is 0 Å². The van der Waals surface area contributed by atoms with Gasteiger partial charge in [-0.1, -0.05) is 13.8 Å². The highest BCUT2D eigenvalue weighted by Gasteiger charge is 2.23. The van der Waals surface area contributed by atoms with Crippen molar-refractivity contribution < 1.29 is 33.7 Å². The molecule has 0 radical (unpaired) electrons. The van der Waals surface area contributed by atoms with Crippen LogP contribution in [0.2, 0.25) is 0 Å². The molecule has 2 amide bonds. The highest BCUT2D eigenvalue weighted by Crippen LogP contribution is 2.17. The van der Waals surface area contributed by atoms with Gasteiger partial charge in [0, 0.05) is 63.6 Å². The predicted molar refractivity (Wildman–Crippen MR) is 164 cm³/mol. The Morgan fingerprint density at radius 1 is 0.929 bits per heavy atom. The summed E-state index contributed by atoms with van der Waals surface area (Å²) in [4.78, 5) is 29.6. The Morgan fingerprint density at radius 3 is 1.93 bits per heavy atom. The zero-order valence-electron chi connectivity index (χ0n) is 26.3. The molecule has 0 bridgehead atoms. The van der Waals surface area contributed by atoms with Gasteiger partial charge in [-0.3, -0.25) is 14.5 Å². The summed E-state index contributed by atoms with van der Waals surface area (Å²) in [6, 6.07) is 9.18. The van der Waals surface area contributed by atoms with Crippen LogP contribution in [0.25, 0.3) is 0 Å². The number of nitrogens with zero attached hydrogens (tertiary/aromatic N) is 2. The SMILES string of the molecule is CCCN(CCC)C(=O)c1cc(C)cc(C(=O)NCC(O)CN2CCCC2C)c1.CO.CO.Cc1cc(F)cc(F)c1. The smallest absolute Gasteiger partial charge is 0.253 e. The van der Waals surface area contributed by atoms with Crippen LogP contribution in [0.5, 0.6) is 0 Å². The summed E-state index contributed by atoms with van der Waals surface area (Å²) in [7, 11) is 2.00. The summed E-state index contributed by atoms with van der Waals surface area (Å²) in [6.45, 7) is 13.0. The molecule has 4 N–H and O–H groups in total. The molecule has 42 heavy (non-hydrogen) atoms. The molecular formula is C32H51F2N3O5. The maximum absolute atomic E-state index is 12.9. The Kier molecular flexibility index (Phi) is 20.2. The Balaban J connectivity index is 0.00000108. The van der Waals surface area contributed by atoms with Crippen LogP contribution in [0, 0.1) is 25.5 Å². The number of aliphatic hydroxyl groups excluding tert-OH is 3. The van der Waals surface area contributed by atoms with E-state index in [1.54, 1.807) is 19.1 Å². The average Bonchev–Trinajstić information content (AvgIpc) is 3.36. The molecule has 0 aromatic heterocycles. The molecule has 2 aromatic rings. The van der Waals surface area contributed by atoms with E-state index in [2.05, 4.69) is 31.0 Å². The van der Waals surface area contributed by atoms with Crippen LogP contribution in [-0.2, 0) is 0 Å². The molecule has 10 heteroatoms. The first kappa shape index (κ1) is 39.1. The summed E-state index contributed by atoms with van der Waals surface area (Å²) in [5, 5.41) is 27.1. The second kappa shape index (κ2) is 21.7. The molecule has 238 valence electrons. The van der Waals surface area contributed by atoms with Gasteiger partial charge < -0.3 is 25.5 Å². The monoisotopic (exact) mass is 595 g/mol. The first-order valence-corrected chi connectivity index (χ1v) is 14.5. The number of rotatable bonds is 10. The third-order valence-electron chi connectivity index (χ3n) is 6.50. The Hall–Kier alpha value is -2.92. The topological polar surface area (TPSA) is 113 Å². The first-order chi connectivity index (χ1) is 20.0. The van der Waals surface area contributed by atoms with Crippen molar-refractivity contribution in [3.05, 3.63) is 70.3 Å². The molecule has 1 fully saturated rings. The summed E-state index contributed by atoms with van der Waals surface area (Å²) >= 11 is 0. The number of nitrogens with one attached hydrogen (secondary N) is 1. The number of hydrogen-bond donors (Lipinski definition) is 4. The van der Waals surface area contributed by atoms with Crippen LogP contribution in [0.3, 0.4) is 0 Å². The number of β-amino-alcohol motifs (C(OH)–C–C–N with tert-alkyl or cyclic N) is 1. The maximum atomic E-state index is 12.9. The number of carbonyl (C=O) groups is 2. The third-order valence-corrected chi connectivity index (χ3v) is 6.50. The molecule has 1 aliphatic rings. The fourth-order valence-electron chi connectivity index (χ4n) is 4.68. The van der Waals surface area contributed by atoms with Gasteiger partial charge in [0.05, 0.1) is 6.10 Å². The van der Waals surface area contributed by atoms with E-state index in [1.807, 2.05) is 17.9 Å². The van der Waals surface area contributed by atoms with E-state index in [4.69, 9.17) is 10.2 Å². The largest absolute Gasteiger partial charge is 0.400 e. The van der Waals surface area contributed by atoms with Crippen LogP contribution in [-0.4, -0.2) is 96.0 Å². The highest BCUT2D eigenvalue weighted by molar-refractivity contribution is 6.00. The van der Waals surface area contributed by atoms with E-state index < -0.39 is 17.7 Å². The molecule has 1 aliphatic heterocycles. The van der Waals surface area contributed by atoms with Crippen LogP contribution >= 0.6 is 0 Å². The number of amides is 2. The maximum Gasteiger partial charge on any atom is 0.253 e. The van der Waals surface area contributed by atoms with E-state index in [9.17, 15) is 23.5 Å². The van der Waals surface area contributed by atoms with Gasteiger partial charge in [0.25, 0.3) is 11.8 Å². The summed E-state index contributed by atoms with van der Waals surface area (Å²) in [5.74, 6) is -1.33. The fourth-order valence-corrected chi connectivity index (χ4v) is 4.68. The van der Waals surface area contributed by atoms with Crippen molar-refractivity contribution in [2.24, 2.45) is 0 Å². The zero-order valence-corrected chi connectivity index (χ0v) is 26.3.